The molecular formula is C17H26N4O3. The van der Waals surface area contributed by atoms with Gasteiger partial charge in [-0.3, -0.25) is 9.59 Å². The summed E-state index contributed by atoms with van der Waals surface area (Å²) in [6.45, 7) is 3.57. The summed E-state index contributed by atoms with van der Waals surface area (Å²) in [6.07, 6.45) is 0. The van der Waals surface area contributed by atoms with Gasteiger partial charge in [0.25, 0.3) is 5.91 Å². The predicted octanol–water partition coefficient (Wildman–Crippen LogP) is -0.417. The van der Waals surface area contributed by atoms with Gasteiger partial charge in [-0.05, 0) is 31.8 Å². The number of morpholine rings is 1. The third-order valence-electron chi connectivity index (χ3n) is 3.77. The van der Waals surface area contributed by atoms with Gasteiger partial charge in [0.15, 0.2) is 0 Å². The molecule has 1 atom stereocenters. The van der Waals surface area contributed by atoms with Crippen molar-refractivity contribution in [3.8, 4) is 0 Å². The predicted molar refractivity (Wildman–Crippen MR) is 91.8 cm³/mol. The van der Waals surface area contributed by atoms with Crippen LogP contribution in [0, 0.1) is 0 Å². The summed E-state index contributed by atoms with van der Waals surface area (Å²) in [5, 5.41) is 8.86. The molecule has 1 fully saturated rings. The first-order chi connectivity index (χ1) is 11.6. The van der Waals surface area contributed by atoms with E-state index in [4.69, 9.17) is 4.74 Å². The van der Waals surface area contributed by atoms with Gasteiger partial charge in [-0.25, -0.2) is 0 Å². The number of carbonyl (C=O) groups is 2. The number of amides is 2. The lowest BCUT2D eigenvalue weighted by atomic mass is 10.1. The lowest BCUT2D eigenvalue weighted by molar-refractivity contribution is -0.126. The Hall–Kier alpha value is -1.96. The van der Waals surface area contributed by atoms with Crippen molar-refractivity contribution in [1.82, 2.24) is 20.9 Å². The van der Waals surface area contributed by atoms with Crippen LogP contribution in [-0.2, 0) is 16.1 Å². The molecule has 1 saturated heterocycles. The summed E-state index contributed by atoms with van der Waals surface area (Å²) in [6, 6.07) is 6.96. The van der Waals surface area contributed by atoms with Gasteiger partial charge in [-0.1, -0.05) is 12.1 Å². The Morgan fingerprint density at radius 1 is 1.25 bits per heavy atom. The van der Waals surface area contributed by atoms with Crippen LogP contribution in [0.15, 0.2) is 24.3 Å². The first kappa shape index (κ1) is 18.4. The number of hydrogen-bond acceptors (Lipinski definition) is 5. The van der Waals surface area contributed by atoms with Crippen LogP contribution in [0.5, 0.6) is 0 Å². The van der Waals surface area contributed by atoms with Crippen LogP contribution in [0.2, 0.25) is 0 Å². The van der Waals surface area contributed by atoms with E-state index < -0.39 is 0 Å². The van der Waals surface area contributed by atoms with Crippen molar-refractivity contribution >= 4 is 11.8 Å². The van der Waals surface area contributed by atoms with E-state index in [2.05, 4.69) is 16.0 Å². The van der Waals surface area contributed by atoms with Crippen molar-refractivity contribution in [2.45, 2.75) is 12.6 Å². The molecule has 0 radical (unpaired) electrons. The molecule has 2 rings (SSSR count). The molecular weight excluding hydrogens is 308 g/mol. The number of carbonyl (C=O) groups excluding carboxylic acids is 2. The highest BCUT2D eigenvalue weighted by atomic mass is 16.5. The Balaban J connectivity index is 1.76. The highest BCUT2D eigenvalue weighted by Crippen LogP contribution is 2.05. The summed E-state index contributed by atoms with van der Waals surface area (Å²) >= 11 is 0. The third kappa shape index (κ3) is 5.92. The number of likely N-dealkylation sites (N-methyl/N-ethyl adjacent to an activating group) is 1. The van der Waals surface area contributed by atoms with Crippen LogP contribution in [-0.4, -0.2) is 69.7 Å². The maximum absolute atomic E-state index is 12.0. The Morgan fingerprint density at radius 3 is 2.62 bits per heavy atom. The van der Waals surface area contributed by atoms with Crippen molar-refractivity contribution < 1.29 is 14.3 Å². The van der Waals surface area contributed by atoms with Crippen LogP contribution < -0.4 is 16.0 Å². The molecule has 0 spiro atoms. The second kappa shape index (κ2) is 9.36. The fourth-order valence-corrected chi connectivity index (χ4v) is 2.32. The molecule has 1 aromatic rings. The first-order valence-electron chi connectivity index (χ1n) is 8.17. The molecule has 1 aromatic carbocycles. The van der Waals surface area contributed by atoms with Crippen LogP contribution in [0.4, 0.5) is 0 Å². The summed E-state index contributed by atoms with van der Waals surface area (Å²) in [5.74, 6) is -0.156. The SMILES string of the molecule is CN(C)CCNC(=O)c1ccc(CNC(=O)C2COCCN2)cc1. The zero-order valence-corrected chi connectivity index (χ0v) is 14.3. The Labute approximate surface area is 142 Å². The van der Waals surface area contributed by atoms with Crippen molar-refractivity contribution in [1.29, 1.82) is 0 Å². The van der Waals surface area contributed by atoms with E-state index in [1.54, 1.807) is 12.1 Å². The molecule has 2 amide bonds. The van der Waals surface area contributed by atoms with Crippen LogP contribution in [0.1, 0.15) is 15.9 Å². The van der Waals surface area contributed by atoms with Gasteiger partial charge in [0.1, 0.15) is 6.04 Å². The molecule has 3 N–H and O–H groups in total. The van der Waals surface area contributed by atoms with Crippen LogP contribution in [0.3, 0.4) is 0 Å². The normalized spacial score (nSPS) is 17.5. The molecule has 1 aliphatic rings. The van der Waals surface area contributed by atoms with Gasteiger partial charge in [0.05, 0.1) is 13.2 Å². The second-order valence-corrected chi connectivity index (χ2v) is 6.06. The number of ether oxygens (including phenoxy) is 1. The summed E-state index contributed by atoms with van der Waals surface area (Å²) < 4.78 is 5.27. The molecule has 0 aliphatic carbocycles. The minimum atomic E-state index is -0.291. The lowest BCUT2D eigenvalue weighted by Gasteiger charge is -2.22. The minimum Gasteiger partial charge on any atom is -0.378 e. The van der Waals surface area contributed by atoms with Gasteiger partial charge < -0.3 is 25.6 Å². The second-order valence-electron chi connectivity index (χ2n) is 6.06. The summed E-state index contributed by atoms with van der Waals surface area (Å²) in [4.78, 5) is 26.0. The van der Waals surface area contributed by atoms with E-state index in [0.29, 0.717) is 38.4 Å². The van der Waals surface area contributed by atoms with Gasteiger partial charge >= 0.3 is 0 Å². The van der Waals surface area contributed by atoms with E-state index >= 15 is 0 Å². The Kier molecular flexibility index (Phi) is 7.17. The van der Waals surface area contributed by atoms with Crippen molar-refractivity contribution in [3.05, 3.63) is 35.4 Å². The fraction of sp³-hybridized carbons (Fsp3) is 0.529. The smallest absolute Gasteiger partial charge is 0.251 e. The number of nitrogens with zero attached hydrogens (tertiary/aromatic N) is 1. The Morgan fingerprint density at radius 2 is 2.00 bits per heavy atom. The zero-order valence-electron chi connectivity index (χ0n) is 14.3. The van der Waals surface area contributed by atoms with E-state index in [1.165, 1.54) is 0 Å². The standard InChI is InChI=1S/C17H26N4O3/c1-21(2)9-7-19-16(22)14-5-3-13(4-6-14)11-20-17(23)15-12-24-10-8-18-15/h3-6,15,18H,7-12H2,1-2H3,(H,19,22)(H,20,23). The zero-order chi connectivity index (χ0) is 17.4. The maximum Gasteiger partial charge on any atom is 0.251 e. The number of nitrogens with one attached hydrogen (secondary N) is 3. The quantitative estimate of drug-likeness (QED) is 0.631. The number of hydrogen-bond donors (Lipinski definition) is 3. The third-order valence-corrected chi connectivity index (χ3v) is 3.77. The topological polar surface area (TPSA) is 82.7 Å². The highest BCUT2D eigenvalue weighted by molar-refractivity contribution is 5.94. The number of rotatable bonds is 7. The van der Waals surface area contributed by atoms with Crippen molar-refractivity contribution in [2.24, 2.45) is 0 Å². The average molecular weight is 334 g/mol. The molecule has 0 bridgehead atoms. The summed E-state index contributed by atoms with van der Waals surface area (Å²) in [5.41, 5.74) is 1.57. The molecule has 24 heavy (non-hydrogen) atoms. The molecule has 0 saturated carbocycles. The van der Waals surface area contributed by atoms with Crippen molar-refractivity contribution in [2.75, 3.05) is 46.9 Å². The average Bonchev–Trinajstić information content (AvgIpc) is 2.60. The van der Waals surface area contributed by atoms with Gasteiger partial charge in [-0.15, -0.1) is 0 Å². The molecule has 7 nitrogen and oxygen atoms in total. The van der Waals surface area contributed by atoms with Crippen molar-refractivity contribution in [3.63, 3.8) is 0 Å². The van der Waals surface area contributed by atoms with E-state index in [1.807, 2.05) is 31.1 Å². The lowest BCUT2D eigenvalue weighted by Crippen LogP contribution is -2.51. The maximum atomic E-state index is 12.0. The molecule has 1 unspecified atom stereocenters. The number of benzene rings is 1. The molecule has 0 aromatic heterocycles. The minimum absolute atomic E-state index is 0.0693. The molecule has 7 heteroatoms. The van der Waals surface area contributed by atoms with Crippen LogP contribution in [0.25, 0.3) is 0 Å². The van der Waals surface area contributed by atoms with E-state index in [0.717, 1.165) is 12.1 Å². The largest absolute Gasteiger partial charge is 0.378 e. The molecule has 132 valence electrons. The first-order valence-corrected chi connectivity index (χ1v) is 8.17. The highest BCUT2D eigenvalue weighted by Gasteiger charge is 2.20. The van der Waals surface area contributed by atoms with Gasteiger partial charge in [-0.2, -0.15) is 0 Å². The van der Waals surface area contributed by atoms with E-state index in [-0.39, 0.29) is 17.9 Å². The van der Waals surface area contributed by atoms with Gasteiger partial charge in [0.2, 0.25) is 5.91 Å². The Bertz CT molecular complexity index is 539. The van der Waals surface area contributed by atoms with Gasteiger partial charge in [0, 0.05) is 31.7 Å². The fourth-order valence-electron chi connectivity index (χ4n) is 2.32. The van der Waals surface area contributed by atoms with E-state index in [9.17, 15) is 9.59 Å². The summed E-state index contributed by atoms with van der Waals surface area (Å²) in [7, 11) is 3.93. The monoisotopic (exact) mass is 334 g/mol. The molecule has 1 aliphatic heterocycles. The molecule has 1 heterocycles. The van der Waals surface area contributed by atoms with Crippen LogP contribution >= 0.6 is 0 Å².